The first-order valence-corrected chi connectivity index (χ1v) is 7.07. The van der Waals surface area contributed by atoms with Crippen LogP contribution in [0, 0.1) is 0 Å². The minimum absolute atomic E-state index is 0.498. The smallest absolute Gasteiger partial charge is 0.148 e. The Hall–Kier alpha value is -0.480. The molecule has 1 heterocycles. The molecule has 2 unspecified atom stereocenters. The van der Waals surface area contributed by atoms with E-state index in [1.165, 1.54) is 31.3 Å². The Morgan fingerprint density at radius 2 is 2.44 bits per heavy atom. The molecule has 0 aromatic carbocycles. The minimum Gasteiger partial charge on any atom is -0.365 e. The average molecular weight is 258 g/mol. The number of thioether (sulfide) groups is 1. The zero-order chi connectivity index (χ0) is 11.4. The predicted octanol–water partition coefficient (Wildman–Crippen LogP) is 3.22. The fourth-order valence-corrected chi connectivity index (χ4v) is 3.46. The molecule has 5 heteroatoms. The van der Waals surface area contributed by atoms with Crippen molar-refractivity contribution >= 4 is 29.2 Å². The van der Waals surface area contributed by atoms with Crippen molar-refractivity contribution in [2.45, 2.75) is 37.5 Å². The number of nitrogens with one attached hydrogen (secondary N) is 1. The van der Waals surface area contributed by atoms with E-state index in [-0.39, 0.29) is 0 Å². The summed E-state index contributed by atoms with van der Waals surface area (Å²) < 4.78 is 0. The van der Waals surface area contributed by atoms with Gasteiger partial charge in [0, 0.05) is 11.3 Å². The van der Waals surface area contributed by atoms with Crippen LogP contribution in [0.15, 0.2) is 12.5 Å². The van der Waals surface area contributed by atoms with Crippen LogP contribution in [-0.2, 0) is 0 Å². The normalized spacial score (nSPS) is 24.6. The molecule has 1 saturated carbocycles. The molecule has 16 heavy (non-hydrogen) atoms. The molecule has 0 aliphatic heterocycles. The molecule has 88 valence electrons. The molecule has 1 N–H and O–H groups in total. The Balaban J connectivity index is 2.01. The maximum absolute atomic E-state index is 6.03. The largest absolute Gasteiger partial charge is 0.365 e. The lowest BCUT2D eigenvalue weighted by molar-refractivity contribution is 0.762. The summed E-state index contributed by atoms with van der Waals surface area (Å²) in [6.07, 6.45) is 6.95. The highest BCUT2D eigenvalue weighted by Crippen LogP contribution is 2.32. The minimum atomic E-state index is 0.498. The standard InChI is InChI=1S/C11H16ClN3S/c1-2-16-10-5-3-4-9(10)15-11-8(12)6-13-7-14-11/h6-7,9-10H,2-5H2,1H3,(H,13,14,15). The van der Waals surface area contributed by atoms with Gasteiger partial charge in [-0.25, -0.2) is 9.97 Å². The topological polar surface area (TPSA) is 37.8 Å². The van der Waals surface area contributed by atoms with Gasteiger partial charge in [0.2, 0.25) is 0 Å². The molecule has 0 saturated heterocycles. The quantitative estimate of drug-likeness (QED) is 0.899. The molecule has 3 nitrogen and oxygen atoms in total. The second kappa shape index (κ2) is 5.73. The highest BCUT2D eigenvalue weighted by Gasteiger charge is 2.27. The van der Waals surface area contributed by atoms with E-state index in [4.69, 9.17) is 11.6 Å². The third-order valence-electron chi connectivity index (χ3n) is 2.82. The van der Waals surface area contributed by atoms with Crippen molar-refractivity contribution in [3.8, 4) is 0 Å². The summed E-state index contributed by atoms with van der Waals surface area (Å²) >= 11 is 8.06. The first-order valence-electron chi connectivity index (χ1n) is 5.65. The van der Waals surface area contributed by atoms with Gasteiger partial charge in [0.25, 0.3) is 0 Å². The molecule has 1 aliphatic carbocycles. The van der Waals surface area contributed by atoms with Crippen molar-refractivity contribution < 1.29 is 0 Å². The summed E-state index contributed by atoms with van der Waals surface area (Å²) in [7, 11) is 0. The molecule has 1 aliphatic rings. The number of hydrogen-bond donors (Lipinski definition) is 1. The molecule has 0 amide bonds. The Kier molecular flexibility index (Phi) is 4.29. The number of nitrogens with zero attached hydrogens (tertiary/aromatic N) is 2. The zero-order valence-corrected chi connectivity index (χ0v) is 10.9. The van der Waals surface area contributed by atoms with Crippen LogP contribution in [0.3, 0.4) is 0 Å². The second-order valence-electron chi connectivity index (χ2n) is 3.89. The van der Waals surface area contributed by atoms with Gasteiger partial charge in [0.05, 0.1) is 6.20 Å². The van der Waals surface area contributed by atoms with Gasteiger partial charge < -0.3 is 5.32 Å². The van der Waals surface area contributed by atoms with Crippen LogP contribution in [-0.4, -0.2) is 27.0 Å². The third kappa shape index (κ3) is 2.80. The zero-order valence-electron chi connectivity index (χ0n) is 9.32. The first-order chi connectivity index (χ1) is 7.81. The molecule has 1 fully saturated rings. The molecule has 0 radical (unpaired) electrons. The van der Waals surface area contributed by atoms with Crippen LogP contribution in [0.5, 0.6) is 0 Å². The van der Waals surface area contributed by atoms with Gasteiger partial charge >= 0.3 is 0 Å². The maximum Gasteiger partial charge on any atom is 0.148 e. The molecule has 1 aromatic heterocycles. The molecule has 1 aromatic rings. The maximum atomic E-state index is 6.03. The molecular formula is C11H16ClN3S. The SMILES string of the molecule is CCSC1CCCC1Nc1ncncc1Cl. The van der Waals surface area contributed by atoms with Gasteiger partial charge in [-0.1, -0.05) is 24.9 Å². The van der Waals surface area contributed by atoms with Crippen molar-refractivity contribution in [1.82, 2.24) is 9.97 Å². The fourth-order valence-electron chi connectivity index (χ4n) is 2.10. The van der Waals surface area contributed by atoms with Gasteiger partial charge in [-0.15, -0.1) is 0 Å². The van der Waals surface area contributed by atoms with Crippen molar-refractivity contribution in [3.05, 3.63) is 17.5 Å². The Bertz CT molecular complexity index is 348. The third-order valence-corrected chi connectivity index (χ3v) is 4.43. The molecule has 0 spiro atoms. The predicted molar refractivity (Wildman–Crippen MR) is 70.2 cm³/mol. The second-order valence-corrected chi connectivity index (χ2v) is 5.82. The average Bonchev–Trinajstić information content (AvgIpc) is 2.70. The van der Waals surface area contributed by atoms with Gasteiger partial charge in [0.1, 0.15) is 17.2 Å². The number of rotatable bonds is 4. The van der Waals surface area contributed by atoms with Gasteiger partial charge in [-0.05, 0) is 18.6 Å². The summed E-state index contributed by atoms with van der Waals surface area (Å²) in [4.78, 5) is 8.06. The van der Waals surface area contributed by atoms with Crippen LogP contribution in [0.25, 0.3) is 0 Å². The lowest BCUT2D eigenvalue weighted by Crippen LogP contribution is -2.26. The van der Waals surface area contributed by atoms with Crippen LogP contribution >= 0.6 is 23.4 Å². The fraction of sp³-hybridized carbons (Fsp3) is 0.636. The molecular weight excluding hydrogens is 242 g/mol. The van der Waals surface area contributed by atoms with E-state index in [1.807, 2.05) is 11.8 Å². The molecule has 2 atom stereocenters. The van der Waals surface area contributed by atoms with Crippen LogP contribution in [0.4, 0.5) is 5.82 Å². The first kappa shape index (κ1) is 12.0. The number of halogens is 1. The van der Waals surface area contributed by atoms with Crippen molar-refractivity contribution in [3.63, 3.8) is 0 Å². The highest BCUT2D eigenvalue weighted by atomic mass is 35.5. The van der Waals surface area contributed by atoms with Crippen LogP contribution in [0.2, 0.25) is 5.02 Å². The number of hydrogen-bond acceptors (Lipinski definition) is 4. The summed E-state index contributed by atoms with van der Waals surface area (Å²) in [6.45, 7) is 2.21. The van der Waals surface area contributed by atoms with E-state index < -0.39 is 0 Å². The van der Waals surface area contributed by atoms with E-state index in [0.717, 1.165) is 5.82 Å². The molecule has 0 bridgehead atoms. The summed E-state index contributed by atoms with van der Waals surface area (Å²) in [5, 5.41) is 4.74. The van der Waals surface area contributed by atoms with E-state index >= 15 is 0 Å². The lowest BCUT2D eigenvalue weighted by atomic mass is 10.2. The Labute approximate surface area is 105 Å². The van der Waals surface area contributed by atoms with Crippen molar-refractivity contribution in [2.75, 3.05) is 11.1 Å². The van der Waals surface area contributed by atoms with E-state index in [9.17, 15) is 0 Å². The van der Waals surface area contributed by atoms with Crippen molar-refractivity contribution in [1.29, 1.82) is 0 Å². The lowest BCUT2D eigenvalue weighted by Gasteiger charge is -2.20. The summed E-state index contributed by atoms with van der Waals surface area (Å²) in [5.41, 5.74) is 0. The Morgan fingerprint density at radius 1 is 1.56 bits per heavy atom. The van der Waals surface area contributed by atoms with E-state index in [1.54, 1.807) is 6.20 Å². The van der Waals surface area contributed by atoms with Gasteiger partial charge in [-0.3, -0.25) is 0 Å². The van der Waals surface area contributed by atoms with Crippen LogP contribution in [0.1, 0.15) is 26.2 Å². The number of aromatic nitrogens is 2. The van der Waals surface area contributed by atoms with Gasteiger partial charge in [0.15, 0.2) is 0 Å². The monoisotopic (exact) mass is 257 g/mol. The number of anilines is 1. The summed E-state index contributed by atoms with van der Waals surface area (Å²) in [5.74, 6) is 1.94. The van der Waals surface area contributed by atoms with E-state index in [2.05, 4.69) is 22.2 Å². The highest BCUT2D eigenvalue weighted by molar-refractivity contribution is 7.99. The van der Waals surface area contributed by atoms with Crippen molar-refractivity contribution in [2.24, 2.45) is 0 Å². The molecule has 2 rings (SSSR count). The summed E-state index contributed by atoms with van der Waals surface area (Å²) in [6, 6.07) is 0.498. The van der Waals surface area contributed by atoms with E-state index in [0.29, 0.717) is 16.3 Å². The van der Waals surface area contributed by atoms with Gasteiger partial charge in [-0.2, -0.15) is 11.8 Å². The van der Waals surface area contributed by atoms with Crippen LogP contribution < -0.4 is 5.32 Å². The Morgan fingerprint density at radius 3 is 3.19 bits per heavy atom.